The van der Waals surface area contributed by atoms with E-state index in [1.54, 1.807) is 12.1 Å². The van der Waals surface area contributed by atoms with Gasteiger partial charge in [-0.15, -0.1) is 0 Å². The molecule has 2 N–H and O–H groups in total. The van der Waals surface area contributed by atoms with Gasteiger partial charge in [-0.1, -0.05) is 61.8 Å². The molecule has 2 nitrogen and oxygen atoms in total. The van der Waals surface area contributed by atoms with Gasteiger partial charge in [-0.05, 0) is 41.2 Å². The quantitative estimate of drug-likeness (QED) is 0.666. The Bertz CT molecular complexity index is 519. The minimum atomic E-state index is -0.187. The third-order valence-corrected chi connectivity index (χ3v) is 4.42. The molecule has 0 aliphatic carbocycles. The minimum Gasteiger partial charge on any atom is -0.508 e. The third-order valence-electron chi connectivity index (χ3n) is 4.42. The van der Waals surface area contributed by atoms with E-state index in [0.29, 0.717) is 11.5 Å². The fraction of sp³-hybridized carbons (Fsp3) is 0.700. The Hall–Kier alpha value is -1.18. The SMILES string of the molecule is CCCC(C)(C)c1cc(O)c(C(C)(C)CC(C)(C)C)cc1O. The molecule has 0 atom stereocenters. The van der Waals surface area contributed by atoms with Crippen molar-refractivity contribution in [1.82, 2.24) is 0 Å². The molecular weight excluding hydrogens is 272 g/mol. The molecule has 2 heteroatoms. The van der Waals surface area contributed by atoms with Crippen LogP contribution in [-0.4, -0.2) is 10.2 Å². The highest BCUT2D eigenvalue weighted by molar-refractivity contribution is 5.50. The van der Waals surface area contributed by atoms with Crippen LogP contribution in [0, 0.1) is 5.41 Å². The number of benzene rings is 1. The van der Waals surface area contributed by atoms with Gasteiger partial charge in [0.05, 0.1) is 0 Å². The number of rotatable bonds is 5. The fourth-order valence-corrected chi connectivity index (χ4v) is 3.84. The van der Waals surface area contributed by atoms with Gasteiger partial charge in [-0.25, -0.2) is 0 Å². The molecule has 0 aromatic heterocycles. The van der Waals surface area contributed by atoms with Crippen molar-refractivity contribution < 1.29 is 10.2 Å². The molecule has 0 aliphatic heterocycles. The van der Waals surface area contributed by atoms with E-state index in [4.69, 9.17) is 0 Å². The molecule has 0 unspecified atom stereocenters. The van der Waals surface area contributed by atoms with Crippen LogP contribution in [0.2, 0.25) is 0 Å². The van der Waals surface area contributed by atoms with Gasteiger partial charge in [0.15, 0.2) is 0 Å². The lowest BCUT2D eigenvalue weighted by molar-refractivity contribution is 0.277. The van der Waals surface area contributed by atoms with Crippen molar-refractivity contribution in [2.45, 2.75) is 85.5 Å². The molecular formula is C20H34O2. The zero-order valence-corrected chi connectivity index (χ0v) is 15.7. The molecule has 0 amide bonds. The van der Waals surface area contributed by atoms with Crippen LogP contribution in [0.1, 0.15) is 85.8 Å². The Labute approximate surface area is 136 Å². The molecule has 1 aromatic rings. The molecule has 0 spiro atoms. The number of phenols is 2. The van der Waals surface area contributed by atoms with Crippen molar-refractivity contribution in [3.8, 4) is 11.5 Å². The highest BCUT2D eigenvalue weighted by atomic mass is 16.3. The zero-order valence-electron chi connectivity index (χ0n) is 15.7. The van der Waals surface area contributed by atoms with Crippen LogP contribution in [0.25, 0.3) is 0 Å². The molecule has 0 radical (unpaired) electrons. The molecule has 1 aromatic carbocycles. The van der Waals surface area contributed by atoms with Crippen molar-refractivity contribution in [2.24, 2.45) is 5.41 Å². The molecule has 0 bridgehead atoms. The van der Waals surface area contributed by atoms with Crippen molar-refractivity contribution in [3.05, 3.63) is 23.3 Å². The lowest BCUT2D eigenvalue weighted by atomic mass is 9.71. The van der Waals surface area contributed by atoms with Gasteiger partial charge in [-0.3, -0.25) is 0 Å². The average molecular weight is 306 g/mol. The first-order valence-electron chi connectivity index (χ1n) is 8.37. The van der Waals surface area contributed by atoms with Gasteiger partial charge < -0.3 is 10.2 Å². The zero-order chi connectivity index (χ0) is 17.3. The summed E-state index contributed by atoms with van der Waals surface area (Å²) in [6.45, 7) is 17.2. The number of hydrogen-bond acceptors (Lipinski definition) is 2. The smallest absolute Gasteiger partial charge is 0.119 e. The molecule has 22 heavy (non-hydrogen) atoms. The summed E-state index contributed by atoms with van der Waals surface area (Å²) in [5.41, 5.74) is 1.50. The lowest BCUT2D eigenvalue weighted by Crippen LogP contribution is -2.25. The van der Waals surface area contributed by atoms with Crippen molar-refractivity contribution in [2.75, 3.05) is 0 Å². The fourth-order valence-electron chi connectivity index (χ4n) is 3.84. The van der Waals surface area contributed by atoms with Gasteiger partial charge in [0.25, 0.3) is 0 Å². The van der Waals surface area contributed by atoms with Crippen LogP contribution in [0.3, 0.4) is 0 Å². The number of hydrogen-bond donors (Lipinski definition) is 2. The van der Waals surface area contributed by atoms with Gasteiger partial charge in [-0.2, -0.15) is 0 Å². The van der Waals surface area contributed by atoms with E-state index in [-0.39, 0.29) is 16.2 Å². The van der Waals surface area contributed by atoms with E-state index in [1.807, 2.05) is 0 Å². The van der Waals surface area contributed by atoms with E-state index < -0.39 is 0 Å². The summed E-state index contributed by atoms with van der Waals surface area (Å²) >= 11 is 0. The standard InChI is InChI=1S/C20H34O2/c1-9-10-19(5,6)14-11-17(22)15(12-16(14)21)20(7,8)13-18(2,3)4/h11-12,21-22H,9-10,13H2,1-8H3. The maximum atomic E-state index is 10.6. The summed E-state index contributed by atoms with van der Waals surface area (Å²) < 4.78 is 0. The van der Waals surface area contributed by atoms with Crippen LogP contribution in [0.15, 0.2) is 12.1 Å². The van der Waals surface area contributed by atoms with E-state index >= 15 is 0 Å². The van der Waals surface area contributed by atoms with Gasteiger partial charge >= 0.3 is 0 Å². The highest BCUT2D eigenvalue weighted by Crippen LogP contribution is 2.45. The van der Waals surface area contributed by atoms with Crippen LogP contribution >= 0.6 is 0 Å². The van der Waals surface area contributed by atoms with E-state index in [1.165, 1.54) is 0 Å². The first kappa shape index (κ1) is 18.9. The van der Waals surface area contributed by atoms with E-state index in [2.05, 4.69) is 55.4 Å². The van der Waals surface area contributed by atoms with Gasteiger partial charge in [0.2, 0.25) is 0 Å². The number of aromatic hydroxyl groups is 2. The van der Waals surface area contributed by atoms with Crippen molar-refractivity contribution >= 4 is 0 Å². The second-order valence-electron chi connectivity index (χ2n) is 9.14. The first-order valence-corrected chi connectivity index (χ1v) is 8.37. The topological polar surface area (TPSA) is 40.5 Å². The Morgan fingerprint density at radius 2 is 1.18 bits per heavy atom. The van der Waals surface area contributed by atoms with Gasteiger partial charge in [0.1, 0.15) is 11.5 Å². The summed E-state index contributed by atoms with van der Waals surface area (Å²) in [6, 6.07) is 3.54. The molecule has 0 saturated heterocycles. The average Bonchev–Trinajstić information content (AvgIpc) is 2.28. The predicted octanol–water partition coefficient (Wildman–Crippen LogP) is 5.89. The minimum absolute atomic E-state index is 0.136. The van der Waals surface area contributed by atoms with Crippen LogP contribution in [0.5, 0.6) is 11.5 Å². The lowest BCUT2D eigenvalue weighted by Gasteiger charge is -2.34. The summed E-state index contributed by atoms with van der Waals surface area (Å²) in [5.74, 6) is 0.597. The van der Waals surface area contributed by atoms with Crippen LogP contribution in [-0.2, 0) is 10.8 Å². The second-order valence-corrected chi connectivity index (χ2v) is 9.14. The second kappa shape index (κ2) is 6.14. The Morgan fingerprint density at radius 3 is 1.55 bits per heavy atom. The summed E-state index contributed by atoms with van der Waals surface area (Å²) in [4.78, 5) is 0. The predicted molar refractivity (Wildman–Crippen MR) is 94.8 cm³/mol. The van der Waals surface area contributed by atoms with E-state index in [9.17, 15) is 10.2 Å². The molecule has 0 saturated carbocycles. The third kappa shape index (κ3) is 4.41. The maximum Gasteiger partial charge on any atom is 0.119 e. The normalized spacial score (nSPS) is 13.5. The van der Waals surface area contributed by atoms with Crippen molar-refractivity contribution in [3.63, 3.8) is 0 Å². The van der Waals surface area contributed by atoms with Crippen LogP contribution in [0.4, 0.5) is 0 Å². The highest BCUT2D eigenvalue weighted by Gasteiger charge is 2.32. The number of phenolic OH excluding ortho intramolecular Hbond substituents is 2. The van der Waals surface area contributed by atoms with Crippen molar-refractivity contribution in [1.29, 1.82) is 0 Å². The van der Waals surface area contributed by atoms with E-state index in [0.717, 1.165) is 30.4 Å². The molecule has 0 fully saturated rings. The summed E-state index contributed by atoms with van der Waals surface area (Å²) in [7, 11) is 0. The largest absolute Gasteiger partial charge is 0.508 e. The molecule has 0 aliphatic rings. The van der Waals surface area contributed by atoms with Gasteiger partial charge in [0, 0.05) is 11.1 Å². The summed E-state index contributed by atoms with van der Waals surface area (Å²) in [6.07, 6.45) is 2.96. The Balaban J connectivity index is 3.30. The summed E-state index contributed by atoms with van der Waals surface area (Å²) in [5, 5.41) is 21.1. The molecule has 0 heterocycles. The first-order chi connectivity index (χ1) is 9.80. The van der Waals surface area contributed by atoms with Crippen LogP contribution < -0.4 is 0 Å². The molecule has 126 valence electrons. The maximum absolute atomic E-state index is 10.6. The molecule has 1 rings (SSSR count). The monoisotopic (exact) mass is 306 g/mol. The Morgan fingerprint density at radius 1 is 0.773 bits per heavy atom. The Kier molecular flexibility index (Phi) is 5.26.